The molecule has 0 saturated carbocycles. The summed E-state index contributed by atoms with van der Waals surface area (Å²) >= 11 is 0. The molecule has 0 saturated heterocycles. The molecule has 0 spiro atoms. The molecule has 48 valence electrons. The predicted octanol–water partition coefficient (Wildman–Crippen LogP) is -6.75. The van der Waals surface area contributed by atoms with E-state index in [-0.39, 0.29) is 88.7 Å². The minimum atomic E-state index is 0. The van der Waals surface area contributed by atoms with E-state index in [2.05, 4.69) is 18.2 Å². The molecule has 0 aliphatic heterocycles. The van der Waals surface area contributed by atoms with E-state index >= 15 is 0 Å². The maximum absolute atomic E-state index is 3.08. The SMILES string of the molecule is [Na+].[Na+].[Na+].[c-]1c[c-]c2cc[c-]cc2c1. The number of rotatable bonds is 0. The fraction of sp³-hybridized carbons (Fsp3) is 0. The van der Waals surface area contributed by atoms with Crippen LogP contribution < -0.4 is 88.7 Å². The van der Waals surface area contributed by atoms with E-state index in [0.717, 1.165) is 10.8 Å². The Morgan fingerprint density at radius 3 is 2.31 bits per heavy atom. The third-order valence-corrected chi connectivity index (χ3v) is 1.45. The van der Waals surface area contributed by atoms with Crippen LogP contribution in [0.3, 0.4) is 0 Å². The molecular formula is C10H5Na3. The molecule has 0 aliphatic rings. The molecule has 0 radical (unpaired) electrons. The molecule has 2 rings (SSSR count). The Labute approximate surface area is 145 Å². The maximum Gasteiger partial charge on any atom is 1.00 e. The second kappa shape index (κ2) is 8.96. The Kier molecular flexibility index (Phi) is 11.8. The van der Waals surface area contributed by atoms with Crippen molar-refractivity contribution in [1.29, 1.82) is 0 Å². The van der Waals surface area contributed by atoms with Crippen molar-refractivity contribution in [3.05, 3.63) is 48.5 Å². The van der Waals surface area contributed by atoms with Crippen molar-refractivity contribution in [2.75, 3.05) is 0 Å². The summed E-state index contributed by atoms with van der Waals surface area (Å²) in [5.74, 6) is 0. The van der Waals surface area contributed by atoms with Gasteiger partial charge in [0.25, 0.3) is 0 Å². The van der Waals surface area contributed by atoms with Crippen LogP contribution in [0.4, 0.5) is 0 Å². The van der Waals surface area contributed by atoms with Gasteiger partial charge in [0.1, 0.15) is 0 Å². The summed E-state index contributed by atoms with van der Waals surface area (Å²) in [6, 6.07) is 18.6. The Hall–Kier alpha value is 1.70. The zero-order valence-corrected chi connectivity index (χ0v) is 14.4. The zero-order chi connectivity index (χ0) is 6.81. The molecule has 2 aromatic carbocycles. The van der Waals surface area contributed by atoms with Gasteiger partial charge in [-0.05, 0) is 0 Å². The van der Waals surface area contributed by atoms with Crippen LogP contribution in [-0.2, 0) is 0 Å². The molecule has 0 unspecified atom stereocenters. The third kappa shape index (κ3) is 4.83. The van der Waals surface area contributed by atoms with Gasteiger partial charge in [0.05, 0.1) is 0 Å². The van der Waals surface area contributed by atoms with Crippen molar-refractivity contribution in [2.45, 2.75) is 0 Å². The summed E-state index contributed by atoms with van der Waals surface area (Å²) in [5.41, 5.74) is 0. The second-order valence-corrected chi connectivity index (χ2v) is 2.11. The molecule has 0 fully saturated rings. The van der Waals surface area contributed by atoms with Gasteiger partial charge in [0.15, 0.2) is 0 Å². The molecule has 0 N–H and O–H groups in total. The van der Waals surface area contributed by atoms with Gasteiger partial charge in [-0.2, -0.15) is 29.7 Å². The van der Waals surface area contributed by atoms with E-state index in [4.69, 9.17) is 0 Å². The van der Waals surface area contributed by atoms with Crippen molar-refractivity contribution in [3.63, 3.8) is 0 Å². The fourth-order valence-corrected chi connectivity index (χ4v) is 0.945. The van der Waals surface area contributed by atoms with Gasteiger partial charge in [-0.15, -0.1) is 0 Å². The average molecular weight is 194 g/mol. The Morgan fingerprint density at radius 2 is 1.62 bits per heavy atom. The van der Waals surface area contributed by atoms with Gasteiger partial charge in [0.2, 0.25) is 0 Å². The monoisotopic (exact) mass is 194 g/mol. The van der Waals surface area contributed by atoms with Crippen molar-refractivity contribution in [3.8, 4) is 0 Å². The summed E-state index contributed by atoms with van der Waals surface area (Å²) in [4.78, 5) is 0. The average Bonchev–Trinajstić information content (AvgIpc) is 2.05. The first-order chi connectivity index (χ1) is 4.97. The van der Waals surface area contributed by atoms with Gasteiger partial charge in [-0.3, -0.25) is 5.39 Å². The number of fused-ring (bicyclic) bond motifs is 1. The topological polar surface area (TPSA) is 0 Å². The van der Waals surface area contributed by atoms with Crippen LogP contribution in [0.5, 0.6) is 0 Å². The number of benzene rings is 2. The van der Waals surface area contributed by atoms with E-state index in [1.165, 1.54) is 0 Å². The van der Waals surface area contributed by atoms with Gasteiger partial charge < -0.3 is 18.2 Å². The summed E-state index contributed by atoms with van der Waals surface area (Å²) in [6.45, 7) is 0. The summed E-state index contributed by atoms with van der Waals surface area (Å²) in [5, 5.41) is 2.27. The van der Waals surface area contributed by atoms with Crippen molar-refractivity contribution < 1.29 is 88.7 Å². The number of hydrogen-bond donors (Lipinski definition) is 0. The molecule has 0 bridgehead atoms. The maximum atomic E-state index is 3.08. The molecule has 0 atom stereocenters. The van der Waals surface area contributed by atoms with E-state index in [1.807, 2.05) is 24.3 Å². The van der Waals surface area contributed by atoms with Gasteiger partial charge in [0, 0.05) is 0 Å². The summed E-state index contributed by atoms with van der Waals surface area (Å²) < 4.78 is 0. The van der Waals surface area contributed by atoms with Crippen LogP contribution in [0, 0.1) is 18.2 Å². The van der Waals surface area contributed by atoms with E-state index in [1.54, 1.807) is 6.07 Å². The van der Waals surface area contributed by atoms with Gasteiger partial charge in [-0.25, -0.2) is 6.07 Å². The molecule has 0 heterocycles. The van der Waals surface area contributed by atoms with Crippen LogP contribution >= 0.6 is 0 Å². The second-order valence-electron chi connectivity index (χ2n) is 2.11. The fourth-order valence-electron chi connectivity index (χ4n) is 0.945. The molecule has 0 nitrogen and oxygen atoms in total. The van der Waals surface area contributed by atoms with Crippen LogP contribution in [-0.4, -0.2) is 0 Å². The standard InChI is InChI=1S/C10H5.3Na/c1-2-6-10-8-4-3-7-9(10)5-1;;;/h1,3,5-6,8H;;;/q-3;3*+1. The molecular weight excluding hydrogens is 189 g/mol. The van der Waals surface area contributed by atoms with Gasteiger partial charge >= 0.3 is 88.7 Å². The quantitative estimate of drug-likeness (QED) is 0.289. The Morgan fingerprint density at radius 1 is 0.923 bits per heavy atom. The van der Waals surface area contributed by atoms with Crippen LogP contribution in [0.1, 0.15) is 0 Å². The van der Waals surface area contributed by atoms with Crippen LogP contribution in [0.2, 0.25) is 0 Å². The first-order valence-electron chi connectivity index (χ1n) is 3.14. The molecule has 0 aliphatic carbocycles. The third-order valence-electron chi connectivity index (χ3n) is 1.45. The zero-order valence-electron chi connectivity index (χ0n) is 8.39. The largest absolute Gasteiger partial charge is 1.00 e. The minimum Gasteiger partial charge on any atom is -0.352 e. The van der Waals surface area contributed by atoms with Gasteiger partial charge in [-0.1, -0.05) is 0 Å². The molecule has 13 heavy (non-hydrogen) atoms. The summed E-state index contributed by atoms with van der Waals surface area (Å²) in [6.07, 6.45) is 0. The van der Waals surface area contributed by atoms with Crippen molar-refractivity contribution in [2.24, 2.45) is 0 Å². The molecule has 0 aromatic heterocycles. The Bertz CT molecular complexity index is 281. The molecule has 3 heteroatoms. The van der Waals surface area contributed by atoms with E-state index < -0.39 is 0 Å². The Balaban J connectivity index is 0. The molecule has 2 aromatic rings. The normalized spacial score (nSPS) is 7.69. The predicted molar refractivity (Wildman–Crippen MR) is 40.5 cm³/mol. The smallest absolute Gasteiger partial charge is 0.352 e. The first-order valence-corrected chi connectivity index (χ1v) is 3.14. The molecule has 0 amide bonds. The van der Waals surface area contributed by atoms with Crippen molar-refractivity contribution >= 4 is 10.8 Å². The van der Waals surface area contributed by atoms with Crippen molar-refractivity contribution in [1.82, 2.24) is 0 Å². The summed E-state index contributed by atoms with van der Waals surface area (Å²) in [7, 11) is 0. The van der Waals surface area contributed by atoms with Crippen LogP contribution in [0.15, 0.2) is 30.3 Å². The van der Waals surface area contributed by atoms with E-state index in [9.17, 15) is 0 Å². The number of hydrogen-bond acceptors (Lipinski definition) is 0. The first kappa shape index (κ1) is 17.1. The van der Waals surface area contributed by atoms with E-state index in [0.29, 0.717) is 0 Å². The van der Waals surface area contributed by atoms with Crippen LogP contribution in [0.25, 0.3) is 10.8 Å². The minimum absolute atomic E-state index is 0.